The summed E-state index contributed by atoms with van der Waals surface area (Å²) in [5.74, 6) is -0.0814. The Balaban J connectivity index is 1.64. The van der Waals surface area contributed by atoms with E-state index >= 15 is 0 Å². The third-order valence-corrected chi connectivity index (χ3v) is 6.78. The van der Waals surface area contributed by atoms with E-state index in [2.05, 4.69) is 4.72 Å². The summed E-state index contributed by atoms with van der Waals surface area (Å²) < 4.78 is 28.5. The van der Waals surface area contributed by atoms with Crippen molar-refractivity contribution in [2.75, 3.05) is 16.2 Å². The zero-order valence-electron chi connectivity index (χ0n) is 16.4. The van der Waals surface area contributed by atoms with Crippen molar-refractivity contribution in [1.82, 2.24) is 0 Å². The van der Waals surface area contributed by atoms with Crippen molar-refractivity contribution in [2.45, 2.75) is 24.7 Å². The minimum atomic E-state index is -3.77. The van der Waals surface area contributed by atoms with Gasteiger partial charge in [-0.05, 0) is 79.4 Å². The molecule has 0 fully saturated rings. The number of carbonyl (C=O) groups is 1. The minimum Gasteiger partial charge on any atom is -0.308 e. The van der Waals surface area contributed by atoms with Crippen molar-refractivity contribution in [1.29, 1.82) is 0 Å². The van der Waals surface area contributed by atoms with Crippen molar-refractivity contribution in [3.8, 4) is 0 Å². The smallest absolute Gasteiger partial charge is 0.261 e. The molecule has 1 aliphatic rings. The predicted molar refractivity (Wildman–Crippen MR) is 120 cm³/mol. The van der Waals surface area contributed by atoms with Gasteiger partial charge in [-0.2, -0.15) is 0 Å². The van der Waals surface area contributed by atoms with Crippen LogP contribution in [0.5, 0.6) is 0 Å². The summed E-state index contributed by atoms with van der Waals surface area (Å²) in [4.78, 5) is 14.8. The fourth-order valence-electron chi connectivity index (χ4n) is 3.63. The van der Waals surface area contributed by atoms with Crippen LogP contribution in [0.3, 0.4) is 0 Å². The van der Waals surface area contributed by atoms with Crippen LogP contribution in [0.15, 0.2) is 71.6 Å². The van der Waals surface area contributed by atoms with Crippen LogP contribution in [0.25, 0.3) is 0 Å². The summed E-state index contributed by atoms with van der Waals surface area (Å²) in [5.41, 5.74) is 3.45. The Labute approximate surface area is 181 Å². The first kappa shape index (κ1) is 20.4. The summed E-state index contributed by atoms with van der Waals surface area (Å²) in [6.07, 6.45) is 1.50. The van der Waals surface area contributed by atoms with E-state index in [1.54, 1.807) is 60.4 Å². The highest BCUT2D eigenvalue weighted by Crippen LogP contribution is 2.31. The highest BCUT2D eigenvalue weighted by atomic mass is 35.5. The lowest BCUT2D eigenvalue weighted by atomic mass is 10.0. The van der Waals surface area contributed by atoms with Gasteiger partial charge in [0.2, 0.25) is 0 Å². The number of carbonyl (C=O) groups excluding carboxylic acids is 1. The first-order chi connectivity index (χ1) is 14.3. The Hall–Kier alpha value is -2.83. The van der Waals surface area contributed by atoms with E-state index < -0.39 is 10.0 Å². The van der Waals surface area contributed by atoms with E-state index in [0.717, 1.165) is 29.7 Å². The van der Waals surface area contributed by atoms with Gasteiger partial charge in [-0.1, -0.05) is 29.8 Å². The van der Waals surface area contributed by atoms with Crippen LogP contribution in [0.2, 0.25) is 5.02 Å². The summed E-state index contributed by atoms with van der Waals surface area (Å²) >= 11 is 5.96. The molecule has 0 spiro atoms. The maximum Gasteiger partial charge on any atom is 0.261 e. The van der Waals surface area contributed by atoms with E-state index in [1.807, 2.05) is 18.2 Å². The number of nitrogens with zero attached hydrogens (tertiary/aromatic N) is 1. The van der Waals surface area contributed by atoms with Crippen molar-refractivity contribution in [2.24, 2.45) is 0 Å². The molecule has 1 amide bonds. The normalized spacial score (nSPS) is 13.6. The topological polar surface area (TPSA) is 66.5 Å². The predicted octanol–water partition coefficient (Wildman–Crippen LogP) is 5.04. The number of amides is 1. The fourth-order valence-corrected chi connectivity index (χ4v) is 5.04. The first-order valence-corrected chi connectivity index (χ1v) is 11.5. The maximum absolute atomic E-state index is 12.9. The first-order valence-electron chi connectivity index (χ1n) is 9.64. The molecule has 4 rings (SSSR count). The van der Waals surface area contributed by atoms with E-state index in [1.165, 1.54) is 0 Å². The van der Waals surface area contributed by atoms with Gasteiger partial charge >= 0.3 is 0 Å². The van der Waals surface area contributed by atoms with E-state index in [-0.39, 0.29) is 10.8 Å². The molecule has 3 aromatic carbocycles. The number of hydrogen-bond acceptors (Lipinski definition) is 3. The molecule has 0 unspecified atom stereocenters. The van der Waals surface area contributed by atoms with Crippen molar-refractivity contribution < 1.29 is 13.2 Å². The second-order valence-electron chi connectivity index (χ2n) is 7.28. The lowest BCUT2D eigenvalue weighted by Gasteiger charge is -2.30. The lowest BCUT2D eigenvalue weighted by Crippen LogP contribution is -2.35. The third kappa shape index (κ3) is 4.06. The van der Waals surface area contributed by atoms with Crippen LogP contribution < -0.4 is 9.62 Å². The number of aryl methyl sites for hydroxylation is 2. The van der Waals surface area contributed by atoms with Gasteiger partial charge in [0.05, 0.1) is 10.6 Å². The van der Waals surface area contributed by atoms with Gasteiger partial charge in [-0.15, -0.1) is 0 Å². The third-order valence-electron chi connectivity index (χ3n) is 5.18. The Morgan fingerprint density at radius 2 is 1.80 bits per heavy atom. The molecule has 7 heteroatoms. The van der Waals surface area contributed by atoms with Gasteiger partial charge in [0.25, 0.3) is 15.9 Å². The van der Waals surface area contributed by atoms with Crippen molar-refractivity contribution in [3.63, 3.8) is 0 Å². The van der Waals surface area contributed by atoms with Gasteiger partial charge in [0.15, 0.2) is 0 Å². The van der Waals surface area contributed by atoms with Crippen molar-refractivity contribution in [3.05, 3.63) is 88.4 Å². The second-order valence-corrected chi connectivity index (χ2v) is 9.40. The molecule has 154 valence electrons. The van der Waals surface area contributed by atoms with E-state index in [9.17, 15) is 13.2 Å². The number of fused-ring (bicyclic) bond motifs is 1. The maximum atomic E-state index is 12.9. The molecule has 1 N–H and O–H groups in total. The molecule has 0 aromatic heterocycles. The summed E-state index contributed by atoms with van der Waals surface area (Å²) in [6, 6.07) is 19.0. The molecular formula is C23H21ClN2O3S. The molecule has 0 saturated heterocycles. The number of benzene rings is 3. The highest BCUT2D eigenvalue weighted by Gasteiger charge is 2.25. The molecule has 3 aromatic rings. The fraction of sp³-hybridized carbons (Fsp3) is 0.174. The molecule has 0 saturated carbocycles. The Kier molecular flexibility index (Phi) is 5.54. The Morgan fingerprint density at radius 1 is 1.03 bits per heavy atom. The average molecular weight is 441 g/mol. The van der Waals surface area contributed by atoms with Gasteiger partial charge < -0.3 is 4.90 Å². The summed E-state index contributed by atoms with van der Waals surface area (Å²) in [6.45, 7) is 2.40. The second kappa shape index (κ2) is 8.13. The highest BCUT2D eigenvalue weighted by molar-refractivity contribution is 7.92. The van der Waals surface area contributed by atoms with Crippen LogP contribution in [-0.2, 0) is 16.4 Å². The number of hydrogen-bond donors (Lipinski definition) is 1. The zero-order chi connectivity index (χ0) is 21.3. The molecule has 30 heavy (non-hydrogen) atoms. The largest absolute Gasteiger partial charge is 0.308 e. The lowest BCUT2D eigenvalue weighted by molar-refractivity contribution is 0.0985. The Bertz CT molecular complexity index is 1210. The number of rotatable bonds is 4. The molecular weight excluding hydrogens is 420 g/mol. The quantitative estimate of drug-likeness (QED) is 0.617. The van der Waals surface area contributed by atoms with Crippen LogP contribution in [0, 0.1) is 6.92 Å². The Morgan fingerprint density at radius 3 is 2.53 bits per heavy atom. The van der Waals surface area contributed by atoms with Gasteiger partial charge in [0, 0.05) is 22.8 Å². The standard InChI is InChI=1S/C23H21ClN2O3S/c1-16-14-19(24)9-11-21(16)25-30(28,29)20-10-12-22-18(15-20)8-5-13-26(22)23(27)17-6-3-2-4-7-17/h2-4,6-7,9-12,14-15,25H,5,8,13H2,1H3. The summed E-state index contributed by atoms with van der Waals surface area (Å²) in [7, 11) is -3.77. The SMILES string of the molecule is Cc1cc(Cl)ccc1NS(=O)(=O)c1ccc2c(c1)CCCN2C(=O)c1ccccc1. The number of halogens is 1. The monoisotopic (exact) mass is 440 g/mol. The van der Waals surface area contributed by atoms with Crippen LogP contribution in [0.4, 0.5) is 11.4 Å². The van der Waals surface area contributed by atoms with E-state index in [4.69, 9.17) is 11.6 Å². The zero-order valence-corrected chi connectivity index (χ0v) is 18.0. The number of anilines is 2. The van der Waals surface area contributed by atoms with Gasteiger partial charge in [-0.25, -0.2) is 8.42 Å². The van der Waals surface area contributed by atoms with Gasteiger partial charge in [-0.3, -0.25) is 9.52 Å². The van der Waals surface area contributed by atoms with E-state index in [0.29, 0.717) is 22.8 Å². The number of nitrogens with one attached hydrogen (secondary N) is 1. The van der Waals surface area contributed by atoms with Gasteiger partial charge in [0.1, 0.15) is 0 Å². The van der Waals surface area contributed by atoms with Crippen LogP contribution in [-0.4, -0.2) is 20.9 Å². The van der Waals surface area contributed by atoms with Crippen LogP contribution in [0.1, 0.15) is 27.9 Å². The molecule has 0 bridgehead atoms. The molecule has 1 aliphatic heterocycles. The molecule has 0 radical (unpaired) electrons. The molecule has 0 aliphatic carbocycles. The molecule has 1 heterocycles. The van der Waals surface area contributed by atoms with Crippen molar-refractivity contribution >= 4 is 38.9 Å². The number of sulfonamides is 1. The minimum absolute atomic E-state index is 0.0814. The summed E-state index contributed by atoms with van der Waals surface area (Å²) in [5, 5.41) is 0.549. The molecule has 5 nitrogen and oxygen atoms in total. The average Bonchev–Trinajstić information content (AvgIpc) is 2.75. The van der Waals surface area contributed by atoms with Crippen LogP contribution >= 0.6 is 11.6 Å². The molecule has 0 atom stereocenters.